The van der Waals surface area contributed by atoms with E-state index in [1.807, 2.05) is 109 Å². The normalized spacial score (nSPS) is 21.3. The number of likely N-dealkylation sites (tertiary alicyclic amines) is 1. The molecule has 4 heterocycles. The van der Waals surface area contributed by atoms with Gasteiger partial charge in [0.15, 0.2) is 11.4 Å². The number of amides is 2. The summed E-state index contributed by atoms with van der Waals surface area (Å²) in [5.74, 6) is -0.255. The van der Waals surface area contributed by atoms with Crippen LogP contribution < -0.4 is 10.6 Å². The largest absolute Gasteiger partial charge is 0.488 e. The van der Waals surface area contributed by atoms with E-state index >= 15 is 0 Å². The molecule has 2 saturated heterocycles. The number of aromatic nitrogens is 1. The summed E-state index contributed by atoms with van der Waals surface area (Å²) in [6.45, 7) is 25.3. The molecule has 4 N–H and O–H groups in total. The maximum Gasteiger partial charge on any atom is 0.343 e. The first kappa shape index (κ1) is 63.4. The van der Waals surface area contributed by atoms with Gasteiger partial charge in [0.05, 0.1) is 93.2 Å². The van der Waals surface area contributed by atoms with Crippen LogP contribution in [-0.4, -0.2) is 184 Å². The Bertz CT molecular complexity index is 2780. The number of amidine groups is 1. The highest BCUT2D eigenvalue weighted by Crippen LogP contribution is 2.49. The minimum atomic E-state index is -0.811. The molecule has 1 saturated carbocycles. The van der Waals surface area contributed by atoms with Crippen molar-refractivity contribution in [2.45, 2.75) is 130 Å². The molecule has 83 heavy (non-hydrogen) atoms. The second-order valence-corrected chi connectivity index (χ2v) is 24.6. The second kappa shape index (κ2) is 30.0. The number of β-amino-alcohol motifs (C(OH)–C–C–N with tert-alkyl or cyclic N) is 1. The summed E-state index contributed by atoms with van der Waals surface area (Å²) in [7, 11) is 0. The first-order chi connectivity index (χ1) is 39.9. The number of benzene rings is 3. The third-order valence-electron chi connectivity index (χ3n) is 16.3. The predicted molar refractivity (Wildman–Crippen MR) is 321 cm³/mol. The maximum atomic E-state index is 13.7. The standard InChI is InChI=1S/C64H89N7O11S/c1-43-36-44(2)55(45(3)37-43)56-59(81-40-48-12-10-9-11-13-48)64(82-62(56)75)20-18-52(19-21-64)80-35-34-78-31-30-76-28-26-69-22-24-70(25-23-69)27-29-77-32-33-79-41-54(73)68-58(63(6,7)8)60(65)71-39-51(72)38-53(71)61(74)67-46(4)49-14-16-50(17-15-49)57-47(5)66-42-83-57/h9-17,36-37,42,46,51-53,58,65,72H,18-35,38-41H2,1-8H3,(H,67,74)(H,68,73)/t46-,51+,52-,53-,58+,64+/m0/s1. The van der Waals surface area contributed by atoms with E-state index in [0.29, 0.717) is 77.0 Å². The molecule has 0 unspecified atom stereocenters. The van der Waals surface area contributed by atoms with E-state index in [4.69, 9.17) is 33.2 Å². The van der Waals surface area contributed by atoms with Crippen molar-refractivity contribution in [3.63, 3.8) is 0 Å². The van der Waals surface area contributed by atoms with Gasteiger partial charge in [-0.1, -0.05) is 93.1 Å². The molecule has 1 spiro atoms. The predicted octanol–water partition coefficient (Wildman–Crippen LogP) is 7.73. The maximum absolute atomic E-state index is 13.7. The molecule has 3 aromatic carbocycles. The molecule has 3 fully saturated rings. The smallest absolute Gasteiger partial charge is 0.343 e. The van der Waals surface area contributed by atoms with E-state index < -0.39 is 29.2 Å². The summed E-state index contributed by atoms with van der Waals surface area (Å²) in [6, 6.07) is 20.5. The van der Waals surface area contributed by atoms with Crippen LogP contribution in [0.4, 0.5) is 0 Å². The van der Waals surface area contributed by atoms with Crippen LogP contribution in [0.2, 0.25) is 0 Å². The van der Waals surface area contributed by atoms with Crippen LogP contribution in [0.15, 0.2) is 78.0 Å². The van der Waals surface area contributed by atoms with Crippen molar-refractivity contribution < 1.29 is 52.6 Å². The number of thiazole rings is 1. The summed E-state index contributed by atoms with van der Waals surface area (Å²) in [6.07, 6.45) is 2.18. The number of rotatable bonds is 28. The highest BCUT2D eigenvalue weighted by molar-refractivity contribution is 7.13. The molecule has 1 aromatic heterocycles. The van der Waals surface area contributed by atoms with Crippen molar-refractivity contribution in [2.24, 2.45) is 5.41 Å². The lowest BCUT2D eigenvalue weighted by Crippen LogP contribution is -2.58. The van der Waals surface area contributed by atoms with Gasteiger partial charge < -0.3 is 53.8 Å². The van der Waals surface area contributed by atoms with E-state index in [9.17, 15) is 24.9 Å². The zero-order valence-electron chi connectivity index (χ0n) is 50.1. The number of esters is 1. The lowest BCUT2D eigenvalue weighted by molar-refractivity contribution is -0.154. The van der Waals surface area contributed by atoms with Crippen LogP contribution in [0.25, 0.3) is 16.0 Å². The Kier molecular flexibility index (Phi) is 22.9. The van der Waals surface area contributed by atoms with Gasteiger partial charge in [0.25, 0.3) is 0 Å². The Hall–Kier alpha value is -5.61. The van der Waals surface area contributed by atoms with Crippen LogP contribution in [0, 0.1) is 38.5 Å². The van der Waals surface area contributed by atoms with Crippen LogP contribution in [-0.2, 0) is 54.1 Å². The van der Waals surface area contributed by atoms with Crippen LogP contribution >= 0.6 is 11.3 Å². The van der Waals surface area contributed by atoms with Crippen LogP contribution in [0.1, 0.15) is 105 Å². The number of aliphatic hydroxyl groups excluding tert-OH is 1. The first-order valence-electron chi connectivity index (χ1n) is 29.6. The van der Waals surface area contributed by atoms with E-state index in [1.165, 1.54) is 0 Å². The zero-order chi connectivity index (χ0) is 59.1. The van der Waals surface area contributed by atoms with Gasteiger partial charge in [-0.15, -0.1) is 11.3 Å². The summed E-state index contributed by atoms with van der Waals surface area (Å²) >= 11 is 1.59. The Morgan fingerprint density at radius 3 is 2.04 bits per heavy atom. The molecule has 8 rings (SSSR count). The van der Waals surface area contributed by atoms with Gasteiger partial charge >= 0.3 is 5.97 Å². The third-order valence-corrected chi connectivity index (χ3v) is 17.2. The third kappa shape index (κ3) is 17.3. The van der Waals surface area contributed by atoms with Gasteiger partial charge in [-0.05, 0) is 99.1 Å². The lowest BCUT2D eigenvalue weighted by atomic mass is 9.80. The molecule has 18 nitrogen and oxygen atoms in total. The number of carbonyl (C=O) groups excluding carboxylic acids is 3. The van der Waals surface area contributed by atoms with Gasteiger partial charge in [-0.25, -0.2) is 9.78 Å². The number of aryl methyl sites for hydroxylation is 4. The number of piperazine rings is 1. The fourth-order valence-electron chi connectivity index (χ4n) is 11.8. The number of hydrogen-bond donors (Lipinski definition) is 4. The fourth-order valence-corrected chi connectivity index (χ4v) is 12.6. The van der Waals surface area contributed by atoms with Crippen molar-refractivity contribution in [1.29, 1.82) is 5.41 Å². The number of hydrogen-bond acceptors (Lipinski definition) is 16. The number of nitrogens with one attached hydrogen (secondary N) is 3. The summed E-state index contributed by atoms with van der Waals surface area (Å²) in [5, 5.41) is 26.0. The Labute approximate surface area is 495 Å². The summed E-state index contributed by atoms with van der Waals surface area (Å²) in [5.41, 5.74) is 9.15. The molecule has 4 aliphatic rings. The average molecular weight is 1160 g/mol. The topological polar surface area (TPSA) is 207 Å². The SMILES string of the molecule is Cc1cc(C)c(C2=C(OCc3ccccc3)[C@]3(CC[C@H](OCCOCCOCCN4CCN(CCOCCOCC(=O)N[C@H](C(=N)N5C[C@H](O)C[C@H]5C(=O)N[C@@H](C)c5ccc(-c6scnc6C)cc5)C(C)(C)C)CC4)CC3)OC2=O)c(C)c1. The van der Waals surface area contributed by atoms with E-state index in [2.05, 4.69) is 44.5 Å². The zero-order valence-corrected chi connectivity index (χ0v) is 50.9. The van der Waals surface area contributed by atoms with Crippen LogP contribution in [0.3, 0.4) is 0 Å². The highest BCUT2D eigenvalue weighted by atomic mass is 32.1. The van der Waals surface area contributed by atoms with Crippen molar-refractivity contribution in [3.05, 3.63) is 117 Å². The Morgan fingerprint density at radius 1 is 0.831 bits per heavy atom. The number of aliphatic hydroxyl groups is 1. The van der Waals surface area contributed by atoms with E-state index in [-0.39, 0.29) is 61.9 Å². The molecule has 452 valence electrons. The Morgan fingerprint density at radius 2 is 1.43 bits per heavy atom. The molecule has 19 heteroatoms. The van der Waals surface area contributed by atoms with Crippen molar-refractivity contribution in [1.82, 2.24) is 30.3 Å². The molecule has 4 aromatic rings. The molecular weight excluding hydrogens is 1070 g/mol. The highest BCUT2D eigenvalue weighted by Gasteiger charge is 2.52. The molecule has 2 amide bonds. The van der Waals surface area contributed by atoms with Gasteiger partial charge in [-0.2, -0.15) is 0 Å². The second-order valence-electron chi connectivity index (χ2n) is 23.7. The molecule has 0 bridgehead atoms. The Balaban J connectivity index is 0.642. The van der Waals surface area contributed by atoms with E-state index in [1.54, 1.807) is 16.2 Å². The number of ether oxygens (including phenoxy) is 7. The molecule has 3 aliphatic heterocycles. The molecular formula is C64H89N7O11S. The monoisotopic (exact) mass is 1160 g/mol. The quantitative estimate of drug-likeness (QED) is 0.0186. The van der Waals surface area contributed by atoms with Gasteiger partial charge in [0, 0.05) is 52.2 Å². The molecule has 1 aliphatic carbocycles. The van der Waals surface area contributed by atoms with Crippen LogP contribution in [0.5, 0.6) is 0 Å². The minimum Gasteiger partial charge on any atom is -0.488 e. The minimum absolute atomic E-state index is 0.0443. The van der Waals surface area contributed by atoms with Gasteiger partial charge in [0.1, 0.15) is 30.7 Å². The lowest BCUT2D eigenvalue weighted by Gasteiger charge is -2.37. The van der Waals surface area contributed by atoms with Crippen molar-refractivity contribution in [2.75, 3.05) is 105 Å². The van der Waals surface area contributed by atoms with Crippen molar-refractivity contribution >= 4 is 40.5 Å². The number of carbonyl (C=O) groups is 3. The summed E-state index contributed by atoms with van der Waals surface area (Å²) in [4.78, 5) is 52.5. The first-order valence-corrected chi connectivity index (χ1v) is 30.5. The van der Waals surface area contributed by atoms with Crippen molar-refractivity contribution in [3.8, 4) is 10.4 Å². The van der Waals surface area contributed by atoms with Gasteiger partial charge in [-0.3, -0.25) is 24.8 Å². The number of nitrogens with zero attached hydrogens (tertiary/aromatic N) is 4. The summed E-state index contributed by atoms with van der Waals surface area (Å²) < 4.78 is 42.5. The average Bonchev–Trinajstić information content (AvgIpc) is 2.49. The fraction of sp³-hybridized carbons (Fsp3) is 0.578. The van der Waals surface area contributed by atoms with E-state index in [0.717, 1.165) is 102 Å². The van der Waals surface area contributed by atoms with Gasteiger partial charge in [0.2, 0.25) is 11.8 Å². The molecule has 0 radical (unpaired) electrons. The molecule has 4 atom stereocenters.